The maximum atomic E-state index is 3.32. The molecule has 1 saturated heterocycles. The van der Waals surface area contributed by atoms with E-state index in [1.54, 1.807) is 0 Å². The summed E-state index contributed by atoms with van der Waals surface area (Å²) >= 11 is 0. The van der Waals surface area contributed by atoms with Gasteiger partial charge in [0.15, 0.2) is 0 Å². The van der Waals surface area contributed by atoms with Crippen molar-refractivity contribution >= 4 is 10.8 Å². The van der Waals surface area contributed by atoms with Crippen LogP contribution in [0.2, 0.25) is 0 Å². The van der Waals surface area contributed by atoms with E-state index in [2.05, 4.69) is 70.1 Å². The number of hydrogen-bond donors (Lipinski definition) is 0. The zero-order valence-electron chi connectivity index (χ0n) is 14.6. The van der Waals surface area contributed by atoms with E-state index in [0.29, 0.717) is 0 Å². The number of fused-ring (bicyclic) bond motifs is 1. The molecule has 0 spiro atoms. The molecule has 0 aliphatic carbocycles. The lowest BCUT2D eigenvalue weighted by Gasteiger charge is -2.30. The zero-order valence-corrected chi connectivity index (χ0v) is 14.6. The molecule has 1 aliphatic rings. The van der Waals surface area contributed by atoms with Crippen molar-refractivity contribution in [3.8, 4) is 11.8 Å². The summed E-state index contributed by atoms with van der Waals surface area (Å²) in [5, 5.41) is 2.69. The van der Waals surface area contributed by atoms with Gasteiger partial charge < -0.3 is 4.57 Å². The number of hydrogen-bond acceptors (Lipinski definition) is 1. The lowest BCUT2D eigenvalue weighted by molar-refractivity contribution is 0.191. The maximum Gasteiger partial charge on any atom is 0.0605 e. The smallest absolute Gasteiger partial charge is 0.0605 e. The van der Waals surface area contributed by atoms with Crippen molar-refractivity contribution in [3.05, 3.63) is 72.6 Å². The predicted molar refractivity (Wildman–Crippen MR) is 104 cm³/mol. The molecule has 25 heavy (non-hydrogen) atoms. The van der Waals surface area contributed by atoms with Gasteiger partial charge in [-0.05, 0) is 54.8 Å². The molecule has 126 valence electrons. The van der Waals surface area contributed by atoms with Gasteiger partial charge in [0.05, 0.1) is 6.54 Å². The number of nitrogens with zero attached hydrogens (tertiary/aromatic N) is 2. The van der Waals surface area contributed by atoms with Gasteiger partial charge in [-0.2, -0.15) is 0 Å². The Labute approximate surface area is 150 Å². The summed E-state index contributed by atoms with van der Waals surface area (Å²) in [6.45, 7) is 4.34. The third-order valence-electron chi connectivity index (χ3n) is 5.09. The molecule has 2 aromatic carbocycles. The molecule has 4 rings (SSSR count). The Morgan fingerprint density at radius 2 is 1.48 bits per heavy atom. The van der Waals surface area contributed by atoms with Crippen molar-refractivity contribution in [1.29, 1.82) is 0 Å². The van der Waals surface area contributed by atoms with Gasteiger partial charge in [-0.25, -0.2) is 0 Å². The van der Waals surface area contributed by atoms with Gasteiger partial charge in [-0.1, -0.05) is 54.3 Å². The van der Waals surface area contributed by atoms with Gasteiger partial charge in [0, 0.05) is 24.5 Å². The fourth-order valence-corrected chi connectivity index (χ4v) is 3.65. The van der Waals surface area contributed by atoms with Crippen molar-refractivity contribution in [2.45, 2.75) is 19.4 Å². The van der Waals surface area contributed by atoms with E-state index in [1.165, 1.54) is 23.6 Å². The summed E-state index contributed by atoms with van der Waals surface area (Å²) in [7, 11) is 0. The summed E-state index contributed by atoms with van der Waals surface area (Å²) in [4.78, 5) is 2.48. The van der Waals surface area contributed by atoms with Crippen LogP contribution < -0.4 is 0 Å². The lowest BCUT2D eigenvalue weighted by atomic mass is 9.97. The molecule has 0 saturated carbocycles. The van der Waals surface area contributed by atoms with Gasteiger partial charge in [0.1, 0.15) is 0 Å². The van der Waals surface area contributed by atoms with Crippen molar-refractivity contribution in [2.75, 3.05) is 19.6 Å². The Balaban J connectivity index is 1.27. The Kier molecular flexibility index (Phi) is 4.86. The lowest BCUT2D eigenvalue weighted by Crippen LogP contribution is -2.35. The topological polar surface area (TPSA) is 8.17 Å². The molecule has 0 atom stereocenters. The second-order valence-corrected chi connectivity index (χ2v) is 6.97. The SMILES string of the molecule is C(#Cc1ccccc1)CN1CCC(Cn2cc3ccccc3c2)CC1. The van der Waals surface area contributed by atoms with Crippen LogP contribution in [0, 0.1) is 17.8 Å². The molecular formula is C23H24N2. The molecule has 0 radical (unpaired) electrons. The van der Waals surface area contributed by atoms with E-state index in [9.17, 15) is 0 Å². The minimum absolute atomic E-state index is 0.778. The molecule has 0 N–H and O–H groups in total. The molecular weight excluding hydrogens is 304 g/mol. The number of likely N-dealkylation sites (tertiary alicyclic amines) is 1. The van der Waals surface area contributed by atoms with Crippen molar-refractivity contribution in [2.24, 2.45) is 5.92 Å². The highest BCUT2D eigenvalue weighted by molar-refractivity contribution is 5.82. The summed E-state index contributed by atoms with van der Waals surface area (Å²) in [6.07, 6.45) is 7.10. The number of benzene rings is 2. The number of rotatable bonds is 3. The van der Waals surface area contributed by atoms with Gasteiger partial charge in [0.2, 0.25) is 0 Å². The van der Waals surface area contributed by atoms with Gasteiger partial charge >= 0.3 is 0 Å². The molecule has 0 unspecified atom stereocenters. The van der Waals surface area contributed by atoms with Crippen molar-refractivity contribution in [1.82, 2.24) is 9.47 Å². The maximum absolute atomic E-state index is 3.32. The van der Waals surface area contributed by atoms with Gasteiger partial charge in [-0.3, -0.25) is 4.90 Å². The summed E-state index contributed by atoms with van der Waals surface area (Å²) in [6, 6.07) is 18.9. The van der Waals surface area contributed by atoms with E-state index in [0.717, 1.165) is 37.7 Å². The highest BCUT2D eigenvalue weighted by Crippen LogP contribution is 2.21. The van der Waals surface area contributed by atoms with Gasteiger partial charge in [0.25, 0.3) is 0 Å². The van der Waals surface area contributed by atoms with Crippen LogP contribution in [0.3, 0.4) is 0 Å². The quantitative estimate of drug-likeness (QED) is 0.647. The highest BCUT2D eigenvalue weighted by Gasteiger charge is 2.18. The first-order valence-corrected chi connectivity index (χ1v) is 9.17. The standard InChI is InChI=1S/C23H24N2/c1-2-7-20(8-3-1)9-6-14-24-15-12-21(13-16-24)17-25-18-22-10-4-5-11-23(22)19-25/h1-5,7-8,10-11,18-19,21H,12-17H2. The zero-order chi connectivity index (χ0) is 16.9. The monoisotopic (exact) mass is 328 g/mol. The first kappa shape index (κ1) is 16.0. The molecule has 1 aromatic heterocycles. The summed E-state index contributed by atoms with van der Waals surface area (Å²) < 4.78 is 2.38. The first-order chi connectivity index (χ1) is 12.4. The minimum Gasteiger partial charge on any atom is -0.353 e. The third-order valence-corrected chi connectivity index (χ3v) is 5.09. The van der Waals surface area contributed by atoms with E-state index >= 15 is 0 Å². The highest BCUT2D eigenvalue weighted by atomic mass is 15.1. The van der Waals surface area contributed by atoms with E-state index in [4.69, 9.17) is 0 Å². The number of piperidine rings is 1. The van der Waals surface area contributed by atoms with E-state index in [-0.39, 0.29) is 0 Å². The van der Waals surface area contributed by atoms with Crippen LogP contribution in [0.1, 0.15) is 18.4 Å². The second-order valence-electron chi connectivity index (χ2n) is 6.97. The third kappa shape index (κ3) is 4.13. The van der Waals surface area contributed by atoms with E-state index in [1.807, 2.05) is 18.2 Å². The van der Waals surface area contributed by atoms with Crippen LogP contribution in [0.5, 0.6) is 0 Å². The predicted octanol–water partition coefficient (Wildman–Crippen LogP) is 4.41. The van der Waals surface area contributed by atoms with Crippen LogP contribution in [-0.4, -0.2) is 29.1 Å². The first-order valence-electron chi connectivity index (χ1n) is 9.17. The van der Waals surface area contributed by atoms with Crippen molar-refractivity contribution in [3.63, 3.8) is 0 Å². The molecule has 2 nitrogen and oxygen atoms in total. The Bertz CT molecular complexity index is 841. The Morgan fingerprint density at radius 1 is 0.840 bits per heavy atom. The fourth-order valence-electron chi connectivity index (χ4n) is 3.65. The molecule has 0 bridgehead atoms. The normalized spacial score (nSPS) is 15.8. The average molecular weight is 328 g/mol. The van der Waals surface area contributed by atoms with Gasteiger partial charge in [-0.15, -0.1) is 0 Å². The molecule has 0 amide bonds. The molecule has 2 heterocycles. The largest absolute Gasteiger partial charge is 0.353 e. The van der Waals surface area contributed by atoms with Crippen LogP contribution >= 0.6 is 0 Å². The molecule has 1 fully saturated rings. The summed E-state index contributed by atoms with van der Waals surface area (Å²) in [5.41, 5.74) is 1.11. The van der Waals surface area contributed by atoms with Crippen LogP contribution in [0.4, 0.5) is 0 Å². The van der Waals surface area contributed by atoms with E-state index < -0.39 is 0 Å². The number of aromatic nitrogens is 1. The van der Waals surface area contributed by atoms with Crippen molar-refractivity contribution < 1.29 is 0 Å². The Hall–Kier alpha value is -2.50. The fraction of sp³-hybridized carbons (Fsp3) is 0.304. The van der Waals surface area contributed by atoms with Crippen LogP contribution in [0.15, 0.2) is 67.0 Å². The Morgan fingerprint density at radius 3 is 2.16 bits per heavy atom. The second kappa shape index (κ2) is 7.59. The van der Waals surface area contributed by atoms with Crippen LogP contribution in [0.25, 0.3) is 10.8 Å². The van der Waals surface area contributed by atoms with Crippen LogP contribution in [-0.2, 0) is 6.54 Å². The summed E-state index contributed by atoms with van der Waals surface area (Å²) in [5.74, 6) is 7.36. The molecule has 1 aliphatic heterocycles. The molecule has 2 heteroatoms. The average Bonchev–Trinajstić information content (AvgIpc) is 3.06. The minimum atomic E-state index is 0.778. The molecule has 3 aromatic rings.